The van der Waals surface area contributed by atoms with Gasteiger partial charge in [-0.05, 0) is 42.2 Å². The molecule has 1 aliphatic rings. The first-order chi connectivity index (χ1) is 11.7. The number of carbonyl (C=O) groups is 1. The van der Waals surface area contributed by atoms with E-state index in [0.29, 0.717) is 23.6 Å². The minimum Gasteiger partial charge on any atom is -0.423 e. The quantitative estimate of drug-likeness (QED) is 0.796. The van der Waals surface area contributed by atoms with E-state index in [9.17, 15) is 9.18 Å². The maximum atomic E-state index is 13.8. The Morgan fingerprint density at radius 1 is 1.21 bits per heavy atom. The van der Waals surface area contributed by atoms with Gasteiger partial charge in [-0.3, -0.25) is 4.79 Å². The second kappa shape index (κ2) is 5.88. The molecule has 5 nitrogen and oxygen atoms in total. The molecule has 4 rings (SSSR count). The Morgan fingerprint density at radius 2 is 2.08 bits per heavy atom. The summed E-state index contributed by atoms with van der Waals surface area (Å²) in [6.07, 6.45) is 1.92. The van der Waals surface area contributed by atoms with Crippen molar-refractivity contribution in [2.24, 2.45) is 5.92 Å². The van der Waals surface area contributed by atoms with Gasteiger partial charge in [0.25, 0.3) is 0 Å². The van der Waals surface area contributed by atoms with Gasteiger partial charge in [0, 0.05) is 17.2 Å². The molecule has 1 fully saturated rings. The highest BCUT2D eigenvalue weighted by Crippen LogP contribution is 2.48. The average Bonchev–Trinajstić information content (AvgIpc) is 3.19. The first kappa shape index (κ1) is 14.6. The van der Waals surface area contributed by atoms with Gasteiger partial charge in [-0.25, -0.2) is 4.39 Å². The number of halogens is 1. The number of carbonyl (C=O) groups excluding carboxylic acids is 1. The van der Waals surface area contributed by atoms with Gasteiger partial charge in [-0.15, -0.1) is 10.2 Å². The molecule has 1 saturated carbocycles. The molecule has 0 radical (unpaired) electrons. The highest BCUT2D eigenvalue weighted by molar-refractivity contribution is 5.95. The number of hydrogen-bond acceptors (Lipinski definition) is 4. The van der Waals surface area contributed by atoms with E-state index in [2.05, 4.69) is 15.5 Å². The Labute approximate surface area is 137 Å². The molecule has 120 valence electrons. The van der Waals surface area contributed by atoms with Crippen LogP contribution >= 0.6 is 0 Å². The third kappa shape index (κ3) is 2.78. The third-order valence-corrected chi connectivity index (χ3v) is 4.17. The summed E-state index contributed by atoms with van der Waals surface area (Å²) in [7, 11) is 0. The van der Waals surface area contributed by atoms with Crippen LogP contribution in [0.4, 0.5) is 10.1 Å². The zero-order valence-electron chi connectivity index (χ0n) is 12.6. The zero-order chi connectivity index (χ0) is 16.5. The summed E-state index contributed by atoms with van der Waals surface area (Å²) in [5.74, 6) is -0.219. The van der Waals surface area contributed by atoms with Gasteiger partial charge in [0.05, 0.1) is 0 Å². The number of aromatic nitrogens is 2. The van der Waals surface area contributed by atoms with E-state index < -0.39 is 0 Å². The summed E-state index contributed by atoms with van der Waals surface area (Å²) in [6, 6.07) is 13.8. The molecule has 24 heavy (non-hydrogen) atoms. The van der Waals surface area contributed by atoms with E-state index in [0.717, 1.165) is 5.56 Å². The molecule has 2 unspecified atom stereocenters. The zero-order valence-corrected chi connectivity index (χ0v) is 12.6. The summed E-state index contributed by atoms with van der Waals surface area (Å²) in [6.45, 7) is 0. The highest BCUT2D eigenvalue weighted by atomic mass is 19.1. The minimum atomic E-state index is -0.254. The molecule has 0 aliphatic heterocycles. The van der Waals surface area contributed by atoms with Gasteiger partial charge in [0.2, 0.25) is 18.2 Å². The van der Waals surface area contributed by atoms with Crippen molar-refractivity contribution >= 4 is 11.6 Å². The van der Waals surface area contributed by atoms with Crippen LogP contribution in [0.1, 0.15) is 17.9 Å². The van der Waals surface area contributed by atoms with E-state index >= 15 is 0 Å². The molecule has 0 spiro atoms. The predicted octanol–water partition coefficient (Wildman–Crippen LogP) is 3.62. The monoisotopic (exact) mass is 323 g/mol. The number of benzene rings is 2. The maximum Gasteiger partial charge on any atom is 0.247 e. The predicted molar refractivity (Wildman–Crippen MR) is 85.6 cm³/mol. The van der Waals surface area contributed by atoms with Gasteiger partial charge in [0.1, 0.15) is 5.82 Å². The van der Waals surface area contributed by atoms with E-state index in [1.54, 1.807) is 36.4 Å². The minimum absolute atomic E-state index is 0.0506. The fourth-order valence-corrected chi connectivity index (χ4v) is 2.87. The molecular weight excluding hydrogens is 309 g/mol. The van der Waals surface area contributed by atoms with Crippen LogP contribution < -0.4 is 5.32 Å². The second-order valence-electron chi connectivity index (χ2n) is 5.78. The van der Waals surface area contributed by atoms with Gasteiger partial charge in [-0.1, -0.05) is 24.3 Å². The number of rotatable bonds is 4. The molecule has 1 aliphatic carbocycles. The summed E-state index contributed by atoms with van der Waals surface area (Å²) in [5, 5.41) is 10.4. The fourth-order valence-electron chi connectivity index (χ4n) is 2.87. The first-order valence-corrected chi connectivity index (χ1v) is 7.64. The molecule has 2 atom stereocenters. The van der Waals surface area contributed by atoms with Crippen molar-refractivity contribution in [1.82, 2.24) is 10.2 Å². The van der Waals surface area contributed by atoms with Crippen molar-refractivity contribution in [2.45, 2.75) is 12.3 Å². The lowest BCUT2D eigenvalue weighted by molar-refractivity contribution is -0.117. The summed E-state index contributed by atoms with van der Waals surface area (Å²) in [4.78, 5) is 12.4. The van der Waals surface area contributed by atoms with Gasteiger partial charge < -0.3 is 9.73 Å². The normalized spacial score (nSPS) is 19.0. The molecule has 1 amide bonds. The second-order valence-corrected chi connectivity index (χ2v) is 5.78. The smallest absolute Gasteiger partial charge is 0.247 e. The molecule has 3 aromatic rings. The Hall–Kier alpha value is -3.02. The number of anilines is 1. The summed E-state index contributed by atoms with van der Waals surface area (Å²) in [5.41, 5.74) is 1.99. The Kier molecular flexibility index (Phi) is 3.57. The van der Waals surface area contributed by atoms with Crippen LogP contribution in [-0.2, 0) is 4.79 Å². The van der Waals surface area contributed by atoms with Crippen LogP contribution in [0.25, 0.3) is 11.5 Å². The topological polar surface area (TPSA) is 68.0 Å². The SMILES string of the molecule is O=C(Nc1cccc(-c2nnco2)c1)C1CC1c1ccccc1F. The van der Waals surface area contributed by atoms with E-state index in [1.165, 1.54) is 12.5 Å². The van der Waals surface area contributed by atoms with Crippen molar-refractivity contribution < 1.29 is 13.6 Å². The third-order valence-electron chi connectivity index (χ3n) is 4.17. The summed E-state index contributed by atoms with van der Waals surface area (Å²) < 4.78 is 18.9. The summed E-state index contributed by atoms with van der Waals surface area (Å²) >= 11 is 0. The van der Waals surface area contributed by atoms with Gasteiger partial charge >= 0.3 is 0 Å². The van der Waals surface area contributed by atoms with Gasteiger partial charge in [-0.2, -0.15) is 0 Å². The Bertz CT molecular complexity index is 879. The average molecular weight is 323 g/mol. The van der Waals surface area contributed by atoms with Crippen molar-refractivity contribution in [3.8, 4) is 11.5 Å². The highest BCUT2D eigenvalue weighted by Gasteiger charge is 2.45. The lowest BCUT2D eigenvalue weighted by atomic mass is 10.1. The standard InChI is InChI=1S/C18H14FN3O2/c19-16-7-2-1-6-13(16)14-9-15(14)17(23)21-12-5-3-4-11(8-12)18-22-20-10-24-18/h1-8,10,14-15H,9H2,(H,21,23). The van der Waals surface area contributed by atoms with Crippen LogP contribution in [0.3, 0.4) is 0 Å². The van der Waals surface area contributed by atoms with Crippen LogP contribution in [0.2, 0.25) is 0 Å². The van der Waals surface area contributed by atoms with Gasteiger partial charge in [0.15, 0.2) is 0 Å². The lowest BCUT2D eigenvalue weighted by Gasteiger charge is -2.06. The van der Waals surface area contributed by atoms with Crippen LogP contribution in [-0.4, -0.2) is 16.1 Å². The largest absolute Gasteiger partial charge is 0.423 e. The van der Waals surface area contributed by atoms with E-state index in [-0.39, 0.29) is 23.6 Å². The number of nitrogens with one attached hydrogen (secondary N) is 1. The van der Waals surface area contributed by atoms with E-state index in [1.807, 2.05) is 6.07 Å². The number of nitrogens with zero attached hydrogens (tertiary/aromatic N) is 2. The van der Waals surface area contributed by atoms with Crippen molar-refractivity contribution in [2.75, 3.05) is 5.32 Å². The molecule has 6 heteroatoms. The van der Waals surface area contributed by atoms with Crippen molar-refractivity contribution in [1.29, 1.82) is 0 Å². The van der Waals surface area contributed by atoms with Crippen molar-refractivity contribution in [3.05, 3.63) is 66.3 Å². The van der Waals surface area contributed by atoms with E-state index in [4.69, 9.17) is 4.42 Å². The molecule has 0 bridgehead atoms. The maximum absolute atomic E-state index is 13.8. The molecule has 0 saturated heterocycles. The van der Waals surface area contributed by atoms with Crippen LogP contribution in [0.5, 0.6) is 0 Å². The Balaban J connectivity index is 1.46. The fraction of sp³-hybridized carbons (Fsp3) is 0.167. The number of amides is 1. The molecule has 2 aromatic carbocycles. The lowest BCUT2D eigenvalue weighted by Crippen LogP contribution is -2.14. The molecule has 1 N–H and O–H groups in total. The molecule has 1 heterocycles. The first-order valence-electron chi connectivity index (χ1n) is 7.64. The van der Waals surface area contributed by atoms with Crippen LogP contribution in [0.15, 0.2) is 59.3 Å². The van der Waals surface area contributed by atoms with Crippen LogP contribution in [0, 0.1) is 11.7 Å². The Morgan fingerprint density at radius 3 is 2.88 bits per heavy atom. The number of hydrogen-bond donors (Lipinski definition) is 1. The van der Waals surface area contributed by atoms with Crippen molar-refractivity contribution in [3.63, 3.8) is 0 Å². The molecule has 1 aromatic heterocycles. The molecular formula is C18H14FN3O2.